The molecule has 0 spiro atoms. The van der Waals surface area contributed by atoms with Gasteiger partial charge in [0.25, 0.3) is 0 Å². The maximum Gasteiger partial charge on any atom is 0.208 e. The lowest BCUT2D eigenvalue weighted by Gasteiger charge is -2.12. The molecule has 0 aliphatic heterocycles. The molecule has 3 heterocycles. The molecular formula is C20H17N5O2S2. The standard InChI is InChI=1S/C20H17N5O2S2/c26-10-8-18-23-20(29-25-18)24-19-17(27-14-5-4-9-21-12-14)11-16(13-22-19)28-15-6-2-1-3-7-15/h1-7,9,11-13,26H,8,10H2,(H,22,23,24,25). The number of hydrogen-bond donors (Lipinski definition) is 2. The first-order chi connectivity index (χ1) is 14.3. The molecule has 0 saturated carbocycles. The Morgan fingerprint density at radius 2 is 1.97 bits per heavy atom. The summed E-state index contributed by atoms with van der Waals surface area (Å²) in [6, 6.07) is 15.6. The van der Waals surface area contributed by atoms with Gasteiger partial charge in [-0.2, -0.15) is 4.37 Å². The second-order valence-electron chi connectivity index (χ2n) is 5.84. The molecule has 0 fully saturated rings. The summed E-state index contributed by atoms with van der Waals surface area (Å²) >= 11 is 2.81. The predicted molar refractivity (Wildman–Crippen MR) is 113 cm³/mol. The molecule has 1 aromatic carbocycles. The normalized spacial score (nSPS) is 10.7. The van der Waals surface area contributed by atoms with Crippen molar-refractivity contribution in [3.63, 3.8) is 0 Å². The summed E-state index contributed by atoms with van der Waals surface area (Å²) in [6.45, 7) is 0.00912. The smallest absolute Gasteiger partial charge is 0.208 e. The van der Waals surface area contributed by atoms with E-state index in [2.05, 4.69) is 24.6 Å². The predicted octanol–water partition coefficient (Wildman–Crippen LogP) is 4.55. The quantitative estimate of drug-likeness (QED) is 0.426. The van der Waals surface area contributed by atoms with Gasteiger partial charge in [0, 0.05) is 46.2 Å². The van der Waals surface area contributed by atoms with Crippen molar-refractivity contribution in [2.24, 2.45) is 0 Å². The van der Waals surface area contributed by atoms with Gasteiger partial charge in [-0.1, -0.05) is 30.0 Å². The first kappa shape index (κ1) is 19.3. The molecule has 0 aliphatic rings. The zero-order chi connectivity index (χ0) is 19.9. The summed E-state index contributed by atoms with van der Waals surface area (Å²) in [7, 11) is 0. The molecule has 0 bridgehead atoms. The van der Waals surface area contributed by atoms with Crippen molar-refractivity contribution in [3.05, 3.63) is 72.9 Å². The van der Waals surface area contributed by atoms with Crippen LogP contribution in [-0.2, 0) is 6.42 Å². The van der Waals surface area contributed by atoms with Crippen LogP contribution in [0.5, 0.6) is 11.5 Å². The van der Waals surface area contributed by atoms with Crippen LogP contribution in [0.25, 0.3) is 0 Å². The lowest BCUT2D eigenvalue weighted by atomic mass is 10.4. The maximum atomic E-state index is 9.04. The largest absolute Gasteiger partial charge is 0.452 e. The van der Waals surface area contributed by atoms with E-state index in [0.29, 0.717) is 34.7 Å². The van der Waals surface area contributed by atoms with E-state index in [1.807, 2.05) is 48.5 Å². The Balaban J connectivity index is 1.61. The van der Waals surface area contributed by atoms with E-state index in [1.54, 1.807) is 30.4 Å². The summed E-state index contributed by atoms with van der Waals surface area (Å²) in [5.74, 6) is 2.28. The van der Waals surface area contributed by atoms with Crippen molar-refractivity contribution in [1.29, 1.82) is 0 Å². The number of nitrogens with one attached hydrogen (secondary N) is 1. The SMILES string of the molecule is OCCc1nsc(Nc2ncc(Sc3ccccc3)cc2Oc2cccnc2)n1. The molecule has 3 aromatic heterocycles. The van der Waals surface area contributed by atoms with Crippen LogP contribution in [-0.4, -0.2) is 31.0 Å². The minimum Gasteiger partial charge on any atom is -0.452 e. The molecule has 0 aliphatic carbocycles. The van der Waals surface area contributed by atoms with E-state index in [-0.39, 0.29) is 6.61 Å². The van der Waals surface area contributed by atoms with Crippen LogP contribution < -0.4 is 10.1 Å². The highest BCUT2D eigenvalue weighted by Crippen LogP contribution is 2.36. The second-order valence-corrected chi connectivity index (χ2v) is 7.74. The molecule has 9 heteroatoms. The van der Waals surface area contributed by atoms with Crippen LogP contribution >= 0.6 is 23.3 Å². The van der Waals surface area contributed by atoms with Gasteiger partial charge in [-0.15, -0.1) is 0 Å². The molecule has 2 N–H and O–H groups in total. The Morgan fingerprint density at radius 1 is 1.07 bits per heavy atom. The Hall–Kier alpha value is -3.01. The topological polar surface area (TPSA) is 93.1 Å². The number of nitrogens with zero attached hydrogens (tertiary/aromatic N) is 4. The van der Waals surface area contributed by atoms with E-state index in [4.69, 9.17) is 9.84 Å². The molecular weight excluding hydrogens is 406 g/mol. The van der Waals surface area contributed by atoms with Gasteiger partial charge in [0.15, 0.2) is 11.6 Å². The highest BCUT2D eigenvalue weighted by Gasteiger charge is 2.13. The number of pyridine rings is 2. The lowest BCUT2D eigenvalue weighted by molar-refractivity contribution is 0.297. The monoisotopic (exact) mass is 423 g/mol. The van der Waals surface area contributed by atoms with E-state index in [1.165, 1.54) is 11.5 Å². The Bertz CT molecular complexity index is 1060. The van der Waals surface area contributed by atoms with Crippen LogP contribution in [0.4, 0.5) is 10.9 Å². The Kier molecular flexibility index (Phi) is 6.30. The maximum absolute atomic E-state index is 9.04. The van der Waals surface area contributed by atoms with E-state index in [9.17, 15) is 0 Å². The van der Waals surface area contributed by atoms with Gasteiger partial charge >= 0.3 is 0 Å². The third-order valence-electron chi connectivity index (χ3n) is 3.70. The fourth-order valence-corrected chi connectivity index (χ4v) is 3.87. The van der Waals surface area contributed by atoms with Crippen molar-refractivity contribution in [2.75, 3.05) is 11.9 Å². The molecule has 29 heavy (non-hydrogen) atoms. The zero-order valence-electron chi connectivity index (χ0n) is 15.2. The van der Waals surface area contributed by atoms with Crippen molar-refractivity contribution in [1.82, 2.24) is 19.3 Å². The number of anilines is 2. The first-order valence-electron chi connectivity index (χ1n) is 8.81. The van der Waals surface area contributed by atoms with Gasteiger partial charge in [0.1, 0.15) is 11.6 Å². The average Bonchev–Trinajstić information content (AvgIpc) is 3.19. The fraction of sp³-hybridized carbons (Fsp3) is 0.100. The van der Waals surface area contributed by atoms with Crippen LogP contribution in [0.3, 0.4) is 0 Å². The van der Waals surface area contributed by atoms with Crippen LogP contribution in [0.15, 0.2) is 76.9 Å². The fourth-order valence-electron chi connectivity index (χ4n) is 2.42. The van der Waals surface area contributed by atoms with Gasteiger partial charge in [0.2, 0.25) is 5.13 Å². The number of benzene rings is 1. The van der Waals surface area contributed by atoms with Crippen molar-refractivity contribution >= 4 is 34.2 Å². The first-order valence-corrected chi connectivity index (χ1v) is 10.4. The Labute approximate surface area is 176 Å². The number of aliphatic hydroxyl groups excluding tert-OH is 1. The Morgan fingerprint density at radius 3 is 2.76 bits per heavy atom. The summed E-state index contributed by atoms with van der Waals surface area (Å²) in [4.78, 5) is 15.0. The van der Waals surface area contributed by atoms with Crippen LogP contribution in [0.1, 0.15) is 5.82 Å². The molecule has 7 nitrogen and oxygen atoms in total. The summed E-state index contributed by atoms with van der Waals surface area (Å²) in [6.07, 6.45) is 5.53. The number of aromatic nitrogens is 4. The van der Waals surface area contributed by atoms with E-state index in [0.717, 1.165) is 9.79 Å². The highest BCUT2D eigenvalue weighted by molar-refractivity contribution is 7.99. The minimum atomic E-state index is 0.00912. The molecule has 146 valence electrons. The number of ether oxygens (including phenoxy) is 1. The summed E-state index contributed by atoms with van der Waals surface area (Å²) in [5.41, 5.74) is 0. The molecule has 0 atom stereocenters. The summed E-state index contributed by atoms with van der Waals surface area (Å²) < 4.78 is 10.2. The van der Waals surface area contributed by atoms with Gasteiger partial charge in [-0.3, -0.25) is 4.98 Å². The highest BCUT2D eigenvalue weighted by atomic mass is 32.2. The molecule has 0 amide bonds. The van der Waals surface area contributed by atoms with Gasteiger partial charge in [-0.25, -0.2) is 9.97 Å². The summed E-state index contributed by atoms with van der Waals surface area (Å²) in [5, 5.41) is 12.8. The lowest BCUT2D eigenvalue weighted by Crippen LogP contribution is -1.98. The number of aliphatic hydroxyl groups is 1. The third-order valence-corrected chi connectivity index (χ3v) is 5.33. The third kappa shape index (κ3) is 5.29. The molecule has 0 unspecified atom stereocenters. The van der Waals surface area contributed by atoms with Gasteiger partial charge in [0.05, 0.1) is 12.8 Å². The molecule has 0 saturated heterocycles. The molecule has 0 radical (unpaired) electrons. The minimum absolute atomic E-state index is 0.00912. The average molecular weight is 424 g/mol. The van der Waals surface area contributed by atoms with Crippen molar-refractivity contribution in [2.45, 2.75) is 16.2 Å². The number of hydrogen-bond acceptors (Lipinski definition) is 9. The number of rotatable bonds is 8. The second kappa shape index (κ2) is 9.46. The van der Waals surface area contributed by atoms with E-state index >= 15 is 0 Å². The molecule has 4 aromatic rings. The zero-order valence-corrected chi connectivity index (χ0v) is 16.9. The van der Waals surface area contributed by atoms with Crippen molar-refractivity contribution < 1.29 is 9.84 Å². The van der Waals surface area contributed by atoms with E-state index < -0.39 is 0 Å². The van der Waals surface area contributed by atoms with Gasteiger partial charge in [-0.05, 0) is 24.3 Å². The van der Waals surface area contributed by atoms with Crippen LogP contribution in [0.2, 0.25) is 0 Å². The van der Waals surface area contributed by atoms with Gasteiger partial charge < -0.3 is 15.2 Å². The molecule has 4 rings (SSSR count). The van der Waals surface area contributed by atoms with Crippen molar-refractivity contribution in [3.8, 4) is 11.5 Å². The van der Waals surface area contributed by atoms with Crippen LogP contribution in [0, 0.1) is 0 Å².